The van der Waals surface area contributed by atoms with E-state index < -0.39 is 0 Å². The highest BCUT2D eigenvalue weighted by Gasteiger charge is 2.24. The zero-order valence-electron chi connectivity index (χ0n) is 11.9. The number of likely N-dealkylation sites (tertiary alicyclic amines) is 1. The minimum absolute atomic E-state index is 0.687. The van der Waals surface area contributed by atoms with Gasteiger partial charge < -0.3 is 5.73 Å². The van der Waals surface area contributed by atoms with Crippen molar-refractivity contribution in [1.29, 1.82) is 0 Å². The van der Waals surface area contributed by atoms with Crippen molar-refractivity contribution in [3.63, 3.8) is 0 Å². The van der Waals surface area contributed by atoms with Gasteiger partial charge in [0.15, 0.2) is 0 Å². The monoisotopic (exact) mass is 246 g/mol. The summed E-state index contributed by atoms with van der Waals surface area (Å²) in [7, 11) is 0. The number of hydrogen-bond donors (Lipinski definition) is 1. The molecule has 1 aliphatic rings. The van der Waals surface area contributed by atoms with E-state index in [1.165, 1.54) is 29.5 Å². The Labute approximate surface area is 111 Å². The maximum Gasteiger partial charge on any atom is 0.0236 e. The van der Waals surface area contributed by atoms with Crippen molar-refractivity contribution in [2.24, 2.45) is 11.7 Å². The zero-order chi connectivity index (χ0) is 13.1. The first-order valence-electron chi connectivity index (χ1n) is 7.09. The Bertz CT molecular complexity index is 380. The van der Waals surface area contributed by atoms with Crippen LogP contribution in [0.4, 0.5) is 0 Å². The number of nitrogens with two attached hydrogens (primary N) is 1. The van der Waals surface area contributed by atoms with Crippen molar-refractivity contribution in [1.82, 2.24) is 4.90 Å². The topological polar surface area (TPSA) is 29.3 Å². The molecule has 0 saturated carbocycles. The maximum atomic E-state index is 5.83. The van der Waals surface area contributed by atoms with E-state index in [9.17, 15) is 0 Å². The quantitative estimate of drug-likeness (QED) is 0.888. The number of rotatable bonds is 3. The first kappa shape index (κ1) is 13.6. The van der Waals surface area contributed by atoms with Crippen LogP contribution in [0.25, 0.3) is 0 Å². The van der Waals surface area contributed by atoms with Gasteiger partial charge in [0.2, 0.25) is 0 Å². The SMILES string of the molecule is Cc1cc(C)cc(CN2CC(CN)CCC2C)c1. The van der Waals surface area contributed by atoms with Gasteiger partial charge in [0, 0.05) is 19.1 Å². The third-order valence-corrected chi connectivity index (χ3v) is 4.11. The van der Waals surface area contributed by atoms with E-state index in [1.54, 1.807) is 0 Å². The van der Waals surface area contributed by atoms with Gasteiger partial charge in [-0.1, -0.05) is 29.3 Å². The second-order valence-electron chi connectivity index (χ2n) is 5.95. The normalized spacial score (nSPS) is 25.3. The fraction of sp³-hybridized carbons (Fsp3) is 0.625. The highest BCUT2D eigenvalue weighted by molar-refractivity contribution is 5.28. The molecule has 2 N–H and O–H groups in total. The molecule has 2 atom stereocenters. The fourth-order valence-electron chi connectivity index (χ4n) is 3.07. The Morgan fingerprint density at radius 2 is 1.83 bits per heavy atom. The van der Waals surface area contributed by atoms with E-state index in [4.69, 9.17) is 5.73 Å². The predicted molar refractivity (Wildman–Crippen MR) is 77.6 cm³/mol. The summed E-state index contributed by atoms with van der Waals surface area (Å²) in [6.07, 6.45) is 2.58. The maximum absolute atomic E-state index is 5.83. The van der Waals surface area contributed by atoms with Crippen molar-refractivity contribution >= 4 is 0 Å². The van der Waals surface area contributed by atoms with Crippen LogP contribution >= 0.6 is 0 Å². The van der Waals surface area contributed by atoms with Crippen LogP contribution in [0.1, 0.15) is 36.5 Å². The second kappa shape index (κ2) is 5.85. The van der Waals surface area contributed by atoms with Crippen molar-refractivity contribution in [3.8, 4) is 0 Å². The third-order valence-electron chi connectivity index (χ3n) is 4.11. The number of nitrogens with zero attached hydrogens (tertiary/aromatic N) is 1. The third kappa shape index (κ3) is 3.33. The van der Waals surface area contributed by atoms with Crippen molar-refractivity contribution in [3.05, 3.63) is 34.9 Å². The highest BCUT2D eigenvalue weighted by Crippen LogP contribution is 2.23. The Balaban J connectivity index is 2.06. The lowest BCUT2D eigenvalue weighted by molar-refractivity contribution is 0.113. The molecule has 2 nitrogen and oxygen atoms in total. The summed E-state index contributed by atoms with van der Waals surface area (Å²) in [4.78, 5) is 2.59. The van der Waals surface area contributed by atoms with Crippen molar-refractivity contribution < 1.29 is 0 Å². The molecule has 1 aromatic rings. The number of piperidine rings is 1. The van der Waals surface area contributed by atoms with E-state index in [-0.39, 0.29) is 0 Å². The van der Waals surface area contributed by atoms with Gasteiger partial charge in [0.05, 0.1) is 0 Å². The van der Waals surface area contributed by atoms with Gasteiger partial charge in [0.25, 0.3) is 0 Å². The van der Waals surface area contributed by atoms with Crippen LogP contribution in [0.5, 0.6) is 0 Å². The van der Waals surface area contributed by atoms with Crippen LogP contribution in [0.3, 0.4) is 0 Å². The molecule has 1 heterocycles. The summed E-state index contributed by atoms with van der Waals surface area (Å²) in [5.74, 6) is 0.687. The van der Waals surface area contributed by atoms with E-state index in [2.05, 4.69) is 43.9 Å². The van der Waals surface area contributed by atoms with E-state index in [0.29, 0.717) is 12.0 Å². The molecule has 18 heavy (non-hydrogen) atoms. The van der Waals surface area contributed by atoms with Crippen molar-refractivity contribution in [2.45, 2.75) is 46.2 Å². The molecule has 0 bridgehead atoms. The van der Waals surface area contributed by atoms with E-state index in [1.807, 2.05) is 0 Å². The highest BCUT2D eigenvalue weighted by atomic mass is 15.2. The lowest BCUT2D eigenvalue weighted by atomic mass is 9.93. The Hall–Kier alpha value is -0.860. The molecule has 1 aliphatic heterocycles. The standard InChI is InChI=1S/C16H26N2/c1-12-6-13(2)8-16(7-12)11-18-10-15(9-17)5-4-14(18)3/h6-8,14-15H,4-5,9-11,17H2,1-3H3. The molecule has 2 unspecified atom stereocenters. The lowest BCUT2D eigenvalue weighted by Gasteiger charge is -2.37. The molecule has 0 radical (unpaired) electrons. The minimum atomic E-state index is 0.687. The number of aryl methyl sites for hydroxylation is 2. The first-order valence-corrected chi connectivity index (χ1v) is 7.09. The van der Waals surface area contributed by atoms with Gasteiger partial charge in [-0.15, -0.1) is 0 Å². The molecule has 100 valence electrons. The van der Waals surface area contributed by atoms with Gasteiger partial charge in [-0.25, -0.2) is 0 Å². The Kier molecular flexibility index (Phi) is 4.41. The molecule has 1 saturated heterocycles. The molecule has 0 aromatic heterocycles. The summed E-state index contributed by atoms with van der Waals surface area (Å²) in [6, 6.07) is 7.55. The van der Waals surface area contributed by atoms with Gasteiger partial charge in [0.1, 0.15) is 0 Å². The fourth-order valence-corrected chi connectivity index (χ4v) is 3.07. The largest absolute Gasteiger partial charge is 0.330 e. The average molecular weight is 246 g/mol. The van der Waals surface area contributed by atoms with Gasteiger partial charge in [-0.2, -0.15) is 0 Å². The van der Waals surface area contributed by atoms with Crippen molar-refractivity contribution in [2.75, 3.05) is 13.1 Å². The number of hydrogen-bond acceptors (Lipinski definition) is 2. The van der Waals surface area contributed by atoms with Crippen LogP contribution in [0, 0.1) is 19.8 Å². The average Bonchev–Trinajstić information content (AvgIpc) is 2.30. The van der Waals surface area contributed by atoms with E-state index >= 15 is 0 Å². The van der Waals surface area contributed by atoms with Gasteiger partial charge in [-0.3, -0.25) is 4.90 Å². The lowest BCUT2D eigenvalue weighted by Crippen LogP contribution is -2.43. The minimum Gasteiger partial charge on any atom is -0.330 e. The summed E-state index contributed by atoms with van der Waals surface area (Å²) in [6.45, 7) is 9.76. The van der Waals surface area contributed by atoms with Gasteiger partial charge in [-0.05, 0) is 51.6 Å². The van der Waals surface area contributed by atoms with Crippen LogP contribution in [-0.4, -0.2) is 24.0 Å². The first-order chi connectivity index (χ1) is 8.58. The summed E-state index contributed by atoms with van der Waals surface area (Å²) < 4.78 is 0. The van der Waals surface area contributed by atoms with Gasteiger partial charge >= 0.3 is 0 Å². The Morgan fingerprint density at radius 1 is 1.17 bits per heavy atom. The van der Waals surface area contributed by atoms with Crippen LogP contribution < -0.4 is 5.73 Å². The molecule has 2 heteroatoms. The molecular weight excluding hydrogens is 220 g/mol. The summed E-state index contributed by atoms with van der Waals surface area (Å²) in [5, 5.41) is 0. The van der Waals surface area contributed by atoms with E-state index in [0.717, 1.165) is 19.6 Å². The molecule has 0 amide bonds. The molecule has 0 spiro atoms. The zero-order valence-corrected chi connectivity index (χ0v) is 11.9. The van der Waals surface area contributed by atoms with Crippen LogP contribution in [-0.2, 0) is 6.54 Å². The van der Waals surface area contributed by atoms with Crippen LogP contribution in [0.2, 0.25) is 0 Å². The Morgan fingerprint density at radius 3 is 2.44 bits per heavy atom. The summed E-state index contributed by atoms with van der Waals surface area (Å²) >= 11 is 0. The molecule has 1 fully saturated rings. The summed E-state index contributed by atoms with van der Waals surface area (Å²) in [5.41, 5.74) is 10.00. The predicted octanol–water partition coefficient (Wildman–Crippen LogP) is 2.86. The van der Waals surface area contributed by atoms with Crippen LogP contribution in [0.15, 0.2) is 18.2 Å². The smallest absolute Gasteiger partial charge is 0.0236 e. The molecule has 2 rings (SSSR count). The molecule has 1 aromatic carbocycles. The molecule has 0 aliphatic carbocycles. The second-order valence-corrected chi connectivity index (χ2v) is 5.95. The molecular formula is C16H26N2. The number of benzene rings is 1.